The molecule has 3 N–H and O–H groups in total. The average molecular weight is 507 g/mol. The van der Waals surface area contributed by atoms with Gasteiger partial charge < -0.3 is 15.6 Å². The predicted molar refractivity (Wildman–Crippen MR) is 124 cm³/mol. The predicted octanol–water partition coefficient (Wildman–Crippen LogP) is 2.77. The van der Waals surface area contributed by atoms with E-state index >= 15 is 0 Å². The van der Waals surface area contributed by atoms with E-state index in [4.69, 9.17) is 5.73 Å². The Morgan fingerprint density at radius 3 is 2.51 bits per heavy atom. The summed E-state index contributed by atoms with van der Waals surface area (Å²) in [6.45, 7) is 0. The number of nitrogens with one attached hydrogen (secondary N) is 1. The van der Waals surface area contributed by atoms with Crippen molar-refractivity contribution in [3.8, 4) is 5.69 Å². The van der Waals surface area contributed by atoms with E-state index in [-0.39, 0.29) is 42.8 Å². The molecule has 35 heavy (non-hydrogen) atoms. The van der Waals surface area contributed by atoms with Gasteiger partial charge in [-0.3, -0.25) is 4.79 Å². The molecule has 1 aromatic heterocycles. The van der Waals surface area contributed by atoms with Crippen LogP contribution in [0.5, 0.6) is 0 Å². The van der Waals surface area contributed by atoms with Crippen LogP contribution in [-0.2, 0) is 26.6 Å². The number of nitrogens with zero attached hydrogens (tertiary/aromatic N) is 2. The topological polar surface area (TPSA) is 107 Å². The molecule has 1 atom stereocenters. The lowest BCUT2D eigenvalue weighted by Crippen LogP contribution is -2.51. The van der Waals surface area contributed by atoms with Gasteiger partial charge in [-0.2, -0.15) is 0 Å². The molecule has 3 aromatic rings. The number of hydrogen-bond donors (Lipinski definition) is 2. The Balaban J connectivity index is 1.54. The molecule has 186 valence electrons. The van der Waals surface area contributed by atoms with Gasteiger partial charge in [-0.15, -0.1) is 0 Å². The third-order valence-corrected chi connectivity index (χ3v) is 7.93. The minimum atomic E-state index is -3.23. The zero-order valence-electron chi connectivity index (χ0n) is 18.8. The quantitative estimate of drug-likeness (QED) is 0.480. The summed E-state index contributed by atoms with van der Waals surface area (Å²) in [6.07, 6.45) is 5.01. The largest absolute Gasteiger partial charge is 0.346 e. The van der Waals surface area contributed by atoms with Gasteiger partial charge in [-0.1, -0.05) is 12.1 Å². The molecular weight excluding hydrogens is 481 g/mol. The molecule has 1 fully saturated rings. The number of carbonyl (C=O) groups is 1. The number of sulfone groups is 1. The van der Waals surface area contributed by atoms with Crippen molar-refractivity contribution < 1.29 is 26.4 Å². The third-order valence-electron chi connectivity index (χ3n) is 6.28. The average Bonchev–Trinajstić information content (AvgIpc) is 3.34. The fourth-order valence-corrected chi connectivity index (χ4v) is 5.90. The van der Waals surface area contributed by atoms with Crippen LogP contribution >= 0.6 is 0 Å². The van der Waals surface area contributed by atoms with Crippen LogP contribution in [-0.4, -0.2) is 41.4 Å². The van der Waals surface area contributed by atoms with Crippen LogP contribution in [0, 0.1) is 17.5 Å². The maximum absolute atomic E-state index is 14.0. The Labute approximate surface area is 201 Å². The fraction of sp³-hybridized carbons (Fsp3) is 0.333. The summed E-state index contributed by atoms with van der Waals surface area (Å²) in [5.41, 5.74) is 6.51. The van der Waals surface area contributed by atoms with Crippen molar-refractivity contribution in [1.29, 1.82) is 0 Å². The Hall–Kier alpha value is -3.18. The van der Waals surface area contributed by atoms with Crippen LogP contribution in [0.4, 0.5) is 13.2 Å². The number of carbonyl (C=O) groups excluding carboxylic acids is 1. The summed E-state index contributed by atoms with van der Waals surface area (Å²) in [5.74, 6) is -4.07. The second kappa shape index (κ2) is 9.82. The van der Waals surface area contributed by atoms with E-state index in [0.717, 1.165) is 17.3 Å². The molecule has 1 aliphatic rings. The van der Waals surface area contributed by atoms with Crippen molar-refractivity contribution in [2.24, 2.45) is 5.73 Å². The number of amides is 1. The van der Waals surface area contributed by atoms with E-state index in [9.17, 15) is 26.4 Å². The number of nitrogens with two attached hydrogens (primary N) is 1. The molecule has 2 aromatic carbocycles. The molecule has 7 nitrogen and oxygen atoms in total. The zero-order chi connectivity index (χ0) is 25.2. The molecular formula is C24H25F3N4O3S. The highest BCUT2D eigenvalue weighted by Crippen LogP contribution is 2.35. The normalized spacial score (nSPS) is 17.6. The molecule has 1 saturated heterocycles. The molecule has 2 heterocycles. The molecule has 0 bridgehead atoms. The Morgan fingerprint density at radius 1 is 1.11 bits per heavy atom. The van der Waals surface area contributed by atoms with Crippen molar-refractivity contribution in [1.82, 2.24) is 14.9 Å². The molecule has 1 amide bonds. The van der Waals surface area contributed by atoms with Crippen molar-refractivity contribution in [2.45, 2.75) is 37.3 Å². The summed E-state index contributed by atoms with van der Waals surface area (Å²) >= 11 is 0. The van der Waals surface area contributed by atoms with Gasteiger partial charge in [0.05, 0.1) is 23.4 Å². The van der Waals surface area contributed by atoms with E-state index in [1.54, 1.807) is 23.3 Å². The lowest BCUT2D eigenvalue weighted by atomic mass is 9.83. The minimum absolute atomic E-state index is 0.0886. The molecule has 0 unspecified atom stereocenters. The number of benzene rings is 2. The minimum Gasteiger partial charge on any atom is -0.346 e. The fourth-order valence-electron chi connectivity index (χ4n) is 4.38. The van der Waals surface area contributed by atoms with Gasteiger partial charge in [0.15, 0.2) is 21.5 Å². The molecule has 0 radical (unpaired) electrons. The van der Waals surface area contributed by atoms with E-state index in [2.05, 4.69) is 10.3 Å². The van der Waals surface area contributed by atoms with Gasteiger partial charge in [0, 0.05) is 36.6 Å². The molecule has 1 aliphatic heterocycles. The maximum atomic E-state index is 14.0. The van der Waals surface area contributed by atoms with Gasteiger partial charge in [0.25, 0.3) is 0 Å². The Bertz CT molecular complexity index is 1320. The third kappa shape index (κ3) is 5.73. The summed E-state index contributed by atoms with van der Waals surface area (Å²) < 4.78 is 66.7. The number of imidazole rings is 1. The number of halogens is 3. The molecule has 0 saturated carbocycles. The lowest BCUT2D eigenvalue weighted by Gasteiger charge is -2.39. The molecule has 11 heteroatoms. The Morgan fingerprint density at radius 2 is 1.83 bits per heavy atom. The van der Waals surface area contributed by atoms with Crippen LogP contribution in [0.3, 0.4) is 0 Å². The Kier molecular flexibility index (Phi) is 7.00. The maximum Gasteiger partial charge on any atom is 0.222 e. The molecule has 4 rings (SSSR count). The van der Waals surface area contributed by atoms with Crippen LogP contribution in [0.2, 0.25) is 0 Å². The summed E-state index contributed by atoms with van der Waals surface area (Å²) in [6, 6.07) is 7.70. The van der Waals surface area contributed by atoms with E-state index in [1.807, 2.05) is 24.3 Å². The van der Waals surface area contributed by atoms with Crippen LogP contribution in [0.25, 0.3) is 5.69 Å². The SMILES string of the molecule is N[C@@H](CC(=O)NC1(c2cccc(-n3ccnc3)c2)CCS(=O)(=O)CC1)Cc1cc(F)c(F)cc1F. The van der Waals surface area contributed by atoms with E-state index < -0.39 is 44.8 Å². The summed E-state index contributed by atoms with van der Waals surface area (Å²) in [7, 11) is -3.23. The van der Waals surface area contributed by atoms with Gasteiger partial charge >= 0.3 is 0 Å². The van der Waals surface area contributed by atoms with Crippen molar-refractivity contribution in [2.75, 3.05) is 11.5 Å². The standard InChI is InChI=1S/C24H25F3N4O3S/c25-20-14-22(27)21(26)11-16(20)10-18(28)13-23(32)30-24(4-8-35(33,34)9-5-24)17-2-1-3-19(12-17)31-7-6-29-15-31/h1-3,6-7,11-12,14-15,18H,4-5,8-10,13,28H2,(H,30,32)/t18-/m1/s1. The first-order valence-electron chi connectivity index (χ1n) is 11.1. The van der Waals surface area contributed by atoms with Gasteiger partial charge in [-0.05, 0) is 48.6 Å². The second-order valence-electron chi connectivity index (χ2n) is 8.83. The molecule has 0 aliphatic carbocycles. The molecule has 0 spiro atoms. The first kappa shape index (κ1) is 24.9. The number of aromatic nitrogens is 2. The summed E-state index contributed by atoms with van der Waals surface area (Å²) in [5, 5.41) is 2.97. The monoisotopic (exact) mass is 506 g/mol. The van der Waals surface area contributed by atoms with Gasteiger partial charge in [-0.25, -0.2) is 26.6 Å². The smallest absolute Gasteiger partial charge is 0.222 e. The highest BCUT2D eigenvalue weighted by Gasteiger charge is 2.40. The second-order valence-corrected chi connectivity index (χ2v) is 11.1. The van der Waals surface area contributed by atoms with Gasteiger partial charge in [0.1, 0.15) is 5.82 Å². The zero-order valence-corrected chi connectivity index (χ0v) is 19.6. The number of rotatable bonds is 7. The highest BCUT2D eigenvalue weighted by atomic mass is 32.2. The van der Waals surface area contributed by atoms with Crippen LogP contribution in [0.1, 0.15) is 30.4 Å². The van der Waals surface area contributed by atoms with Crippen molar-refractivity contribution in [3.63, 3.8) is 0 Å². The highest BCUT2D eigenvalue weighted by molar-refractivity contribution is 7.91. The summed E-state index contributed by atoms with van der Waals surface area (Å²) in [4.78, 5) is 17.0. The number of hydrogen-bond acceptors (Lipinski definition) is 5. The first-order chi connectivity index (χ1) is 16.6. The van der Waals surface area contributed by atoms with Gasteiger partial charge in [0.2, 0.25) is 5.91 Å². The lowest BCUT2D eigenvalue weighted by molar-refractivity contribution is -0.123. The van der Waals surface area contributed by atoms with E-state index in [1.165, 1.54) is 0 Å². The van der Waals surface area contributed by atoms with Crippen molar-refractivity contribution >= 4 is 15.7 Å². The van der Waals surface area contributed by atoms with Crippen LogP contribution in [0.15, 0.2) is 55.1 Å². The van der Waals surface area contributed by atoms with Crippen LogP contribution < -0.4 is 11.1 Å². The first-order valence-corrected chi connectivity index (χ1v) is 12.9. The van der Waals surface area contributed by atoms with E-state index in [0.29, 0.717) is 6.07 Å². The van der Waals surface area contributed by atoms with Crippen molar-refractivity contribution in [3.05, 3.63) is 83.7 Å².